The van der Waals surface area contributed by atoms with Gasteiger partial charge in [-0.1, -0.05) is 109 Å². The summed E-state index contributed by atoms with van der Waals surface area (Å²) in [5.74, 6) is 0. The molecule has 0 aliphatic heterocycles. The van der Waals surface area contributed by atoms with Crippen LogP contribution in [0.15, 0.2) is 170 Å². The number of para-hydroxylation sites is 4. The maximum absolute atomic E-state index is 2.40. The Morgan fingerprint density at radius 1 is 0.405 bits per heavy atom. The molecule has 0 atom stereocenters. The lowest BCUT2D eigenvalue weighted by molar-refractivity contribution is 1.18. The number of hydrogen-bond donors (Lipinski definition) is 0. The third-order valence-corrected chi connectivity index (χ3v) is 8.13. The lowest BCUT2D eigenvalue weighted by atomic mass is 9.97. The van der Waals surface area contributed by atoms with E-state index in [-0.39, 0.29) is 0 Å². The number of anilines is 3. The van der Waals surface area contributed by atoms with Crippen molar-refractivity contribution in [3.8, 4) is 16.8 Å². The molecule has 7 aromatic carbocycles. The largest absolute Gasteiger partial charge is 0.310 e. The van der Waals surface area contributed by atoms with Gasteiger partial charge in [-0.2, -0.15) is 0 Å². The standard InChI is InChI=1S/C40H28N2/c1-4-16-32(17-5-1)41(33-18-6-2-7-19-33)39-28-37-35-22-12-13-23-38(35)42(34-20-8-3-9-21-34)40(37)27-36(39)31-25-24-29-14-10-11-15-30(29)26-31/h1-28H. The van der Waals surface area contributed by atoms with E-state index in [1.54, 1.807) is 0 Å². The number of fused-ring (bicyclic) bond motifs is 4. The quantitative estimate of drug-likeness (QED) is 0.212. The summed E-state index contributed by atoms with van der Waals surface area (Å²) in [5, 5.41) is 4.94. The topological polar surface area (TPSA) is 8.17 Å². The molecular formula is C40H28N2. The van der Waals surface area contributed by atoms with Crippen molar-refractivity contribution >= 4 is 49.6 Å². The van der Waals surface area contributed by atoms with Gasteiger partial charge in [-0.05, 0) is 77.0 Å². The van der Waals surface area contributed by atoms with E-state index in [0.717, 1.165) is 22.7 Å². The van der Waals surface area contributed by atoms with Gasteiger partial charge in [0.1, 0.15) is 0 Å². The molecule has 0 saturated heterocycles. The van der Waals surface area contributed by atoms with Crippen LogP contribution >= 0.6 is 0 Å². The van der Waals surface area contributed by atoms with Crippen molar-refractivity contribution in [3.63, 3.8) is 0 Å². The minimum atomic E-state index is 1.12. The second-order valence-corrected chi connectivity index (χ2v) is 10.6. The average molecular weight is 537 g/mol. The first-order chi connectivity index (χ1) is 20.8. The fourth-order valence-electron chi connectivity index (χ4n) is 6.21. The highest BCUT2D eigenvalue weighted by Gasteiger charge is 2.21. The minimum absolute atomic E-state index is 1.12. The Morgan fingerprint density at radius 2 is 1.00 bits per heavy atom. The third-order valence-electron chi connectivity index (χ3n) is 8.13. The van der Waals surface area contributed by atoms with Crippen molar-refractivity contribution in [3.05, 3.63) is 170 Å². The van der Waals surface area contributed by atoms with E-state index in [9.17, 15) is 0 Å². The molecule has 1 aromatic heterocycles. The number of rotatable bonds is 5. The fraction of sp³-hybridized carbons (Fsp3) is 0. The SMILES string of the molecule is c1ccc(N(c2ccccc2)c2cc3c4ccccc4n(-c4ccccc4)c3cc2-c2ccc3ccccc3c2)cc1. The Labute approximate surface area is 245 Å². The van der Waals surface area contributed by atoms with E-state index < -0.39 is 0 Å². The van der Waals surface area contributed by atoms with Crippen LogP contribution in [-0.4, -0.2) is 4.57 Å². The summed E-state index contributed by atoms with van der Waals surface area (Å²) in [6.07, 6.45) is 0. The molecule has 2 heteroatoms. The highest BCUT2D eigenvalue weighted by Crippen LogP contribution is 2.45. The van der Waals surface area contributed by atoms with Crippen LogP contribution in [0, 0.1) is 0 Å². The van der Waals surface area contributed by atoms with Crippen LogP contribution in [-0.2, 0) is 0 Å². The van der Waals surface area contributed by atoms with Gasteiger partial charge in [0, 0.05) is 33.4 Å². The van der Waals surface area contributed by atoms with Crippen LogP contribution in [0.25, 0.3) is 49.4 Å². The first-order valence-electron chi connectivity index (χ1n) is 14.4. The molecular weight excluding hydrogens is 508 g/mol. The number of benzene rings is 7. The first kappa shape index (κ1) is 24.2. The molecule has 0 unspecified atom stereocenters. The van der Waals surface area contributed by atoms with Crippen molar-refractivity contribution in [1.29, 1.82) is 0 Å². The van der Waals surface area contributed by atoms with Crippen molar-refractivity contribution in [1.82, 2.24) is 4.57 Å². The highest BCUT2D eigenvalue weighted by atomic mass is 15.1. The summed E-state index contributed by atoms with van der Waals surface area (Å²) in [5.41, 5.74) is 9.30. The zero-order valence-electron chi connectivity index (χ0n) is 23.1. The van der Waals surface area contributed by atoms with Crippen LogP contribution in [0.4, 0.5) is 17.1 Å². The molecule has 0 bridgehead atoms. The van der Waals surface area contributed by atoms with Gasteiger partial charge < -0.3 is 9.47 Å². The molecule has 0 aliphatic carbocycles. The summed E-state index contributed by atoms with van der Waals surface area (Å²) in [6.45, 7) is 0. The molecule has 8 rings (SSSR count). The lowest BCUT2D eigenvalue weighted by Gasteiger charge is -2.28. The van der Waals surface area contributed by atoms with E-state index in [4.69, 9.17) is 0 Å². The Kier molecular flexibility index (Phi) is 5.82. The van der Waals surface area contributed by atoms with Gasteiger partial charge in [0.15, 0.2) is 0 Å². The average Bonchev–Trinajstić information content (AvgIpc) is 3.39. The summed E-state index contributed by atoms with van der Waals surface area (Å²) >= 11 is 0. The number of aromatic nitrogens is 1. The number of hydrogen-bond acceptors (Lipinski definition) is 1. The van der Waals surface area contributed by atoms with Crippen LogP contribution in [0.5, 0.6) is 0 Å². The van der Waals surface area contributed by atoms with E-state index in [1.165, 1.54) is 43.7 Å². The van der Waals surface area contributed by atoms with E-state index in [2.05, 4.69) is 179 Å². The molecule has 0 spiro atoms. The normalized spacial score (nSPS) is 11.3. The van der Waals surface area contributed by atoms with Crippen LogP contribution in [0.3, 0.4) is 0 Å². The van der Waals surface area contributed by atoms with Gasteiger partial charge in [-0.15, -0.1) is 0 Å². The molecule has 0 fully saturated rings. The van der Waals surface area contributed by atoms with Crippen LogP contribution in [0.2, 0.25) is 0 Å². The van der Waals surface area contributed by atoms with Crippen molar-refractivity contribution in [2.24, 2.45) is 0 Å². The summed E-state index contributed by atoms with van der Waals surface area (Å²) in [4.78, 5) is 2.39. The molecule has 0 amide bonds. The summed E-state index contributed by atoms with van der Waals surface area (Å²) < 4.78 is 2.40. The minimum Gasteiger partial charge on any atom is -0.310 e. The molecule has 0 radical (unpaired) electrons. The van der Waals surface area contributed by atoms with Gasteiger partial charge in [0.05, 0.1) is 16.7 Å². The third kappa shape index (κ3) is 4.05. The van der Waals surface area contributed by atoms with E-state index >= 15 is 0 Å². The zero-order chi connectivity index (χ0) is 27.9. The monoisotopic (exact) mass is 536 g/mol. The molecule has 8 aromatic rings. The fourth-order valence-corrected chi connectivity index (χ4v) is 6.21. The molecule has 42 heavy (non-hydrogen) atoms. The molecule has 0 N–H and O–H groups in total. The van der Waals surface area contributed by atoms with Crippen molar-refractivity contribution < 1.29 is 0 Å². The zero-order valence-corrected chi connectivity index (χ0v) is 23.1. The van der Waals surface area contributed by atoms with Gasteiger partial charge >= 0.3 is 0 Å². The summed E-state index contributed by atoms with van der Waals surface area (Å²) in [7, 11) is 0. The first-order valence-corrected chi connectivity index (χ1v) is 14.4. The highest BCUT2D eigenvalue weighted by molar-refractivity contribution is 6.13. The van der Waals surface area contributed by atoms with Gasteiger partial charge in [-0.25, -0.2) is 0 Å². The Balaban J connectivity index is 1.51. The maximum atomic E-state index is 2.40. The predicted octanol–water partition coefficient (Wildman–Crippen LogP) is 11.1. The Hall–Kier alpha value is -5.60. The van der Waals surface area contributed by atoms with Crippen LogP contribution < -0.4 is 4.90 Å². The second-order valence-electron chi connectivity index (χ2n) is 10.6. The predicted molar refractivity (Wildman–Crippen MR) is 178 cm³/mol. The molecule has 198 valence electrons. The Morgan fingerprint density at radius 3 is 1.71 bits per heavy atom. The second kappa shape index (κ2) is 10.1. The Bertz CT molecular complexity index is 2140. The molecule has 2 nitrogen and oxygen atoms in total. The van der Waals surface area contributed by atoms with Crippen molar-refractivity contribution in [2.45, 2.75) is 0 Å². The van der Waals surface area contributed by atoms with Gasteiger partial charge in [0.2, 0.25) is 0 Å². The summed E-state index contributed by atoms with van der Waals surface area (Å²) in [6, 6.07) is 61.0. The van der Waals surface area contributed by atoms with Crippen LogP contribution in [0.1, 0.15) is 0 Å². The smallest absolute Gasteiger partial charge is 0.0548 e. The maximum Gasteiger partial charge on any atom is 0.0548 e. The molecule has 0 saturated carbocycles. The van der Waals surface area contributed by atoms with Gasteiger partial charge in [-0.3, -0.25) is 0 Å². The van der Waals surface area contributed by atoms with Crippen molar-refractivity contribution in [2.75, 3.05) is 4.90 Å². The molecule has 1 heterocycles. The lowest BCUT2D eigenvalue weighted by Crippen LogP contribution is -2.11. The van der Waals surface area contributed by atoms with E-state index in [0.29, 0.717) is 0 Å². The number of nitrogens with zero attached hydrogens (tertiary/aromatic N) is 2. The van der Waals surface area contributed by atoms with Gasteiger partial charge in [0.25, 0.3) is 0 Å². The molecule has 0 aliphatic rings. The van der Waals surface area contributed by atoms with E-state index in [1.807, 2.05) is 0 Å².